The summed E-state index contributed by atoms with van der Waals surface area (Å²) in [6, 6.07) is 7.70. The quantitative estimate of drug-likeness (QED) is 0.681. The zero-order valence-electron chi connectivity index (χ0n) is 9.46. The Morgan fingerprint density at radius 3 is 2.35 bits per heavy atom. The van der Waals surface area contributed by atoms with Crippen LogP contribution in [0.2, 0.25) is 0 Å². The van der Waals surface area contributed by atoms with Crippen molar-refractivity contribution in [3.05, 3.63) is 35.9 Å². The fraction of sp³-hybridized carbons (Fsp3) is 0.333. The van der Waals surface area contributed by atoms with Gasteiger partial charge in [0.2, 0.25) is 5.91 Å². The van der Waals surface area contributed by atoms with Gasteiger partial charge in [0, 0.05) is 0 Å². The lowest BCUT2D eigenvalue weighted by atomic mass is 10.1. The second-order valence-electron chi connectivity index (χ2n) is 3.79. The number of aliphatic hydroxyl groups is 1. The van der Waals surface area contributed by atoms with Gasteiger partial charge in [-0.3, -0.25) is 4.79 Å². The van der Waals surface area contributed by atoms with Crippen molar-refractivity contribution < 1.29 is 19.8 Å². The molecule has 2 atom stereocenters. The highest BCUT2D eigenvalue weighted by Gasteiger charge is 2.24. The van der Waals surface area contributed by atoms with Crippen LogP contribution in [-0.2, 0) is 16.0 Å². The Morgan fingerprint density at radius 2 is 1.88 bits per heavy atom. The van der Waals surface area contributed by atoms with Gasteiger partial charge in [-0.2, -0.15) is 0 Å². The maximum Gasteiger partial charge on any atom is 0.328 e. The predicted octanol–water partition coefficient (Wildman–Crippen LogP) is 0.179. The standard InChI is InChI=1S/C12H15NO4/c1-8(14)11(12(16)17)13-10(15)7-9-5-3-2-4-6-9/h2-6,8,11,14H,7H2,1H3,(H,13,15)(H,16,17)/t8-,11+/m1/s1. The Balaban J connectivity index is 2.57. The minimum Gasteiger partial charge on any atom is -0.480 e. The van der Waals surface area contributed by atoms with Gasteiger partial charge in [0.1, 0.15) is 0 Å². The second kappa shape index (κ2) is 6.00. The fourth-order valence-electron chi connectivity index (χ4n) is 1.39. The summed E-state index contributed by atoms with van der Waals surface area (Å²) in [6.45, 7) is 1.32. The molecule has 0 saturated carbocycles. The molecule has 0 heterocycles. The third kappa shape index (κ3) is 4.24. The van der Waals surface area contributed by atoms with Gasteiger partial charge in [0.15, 0.2) is 6.04 Å². The Bertz CT molecular complexity index is 389. The molecule has 3 N–H and O–H groups in total. The van der Waals surface area contributed by atoms with E-state index in [0.717, 1.165) is 5.56 Å². The highest BCUT2D eigenvalue weighted by molar-refractivity contribution is 5.85. The molecule has 5 heteroatoms. The first-order chi connectivity index (χ1) is 8.00. The number of carbonyl (C=O) groups excluding carboxylic acids is 1. The molecule has 1 rings (SSSR count). The maximum absolute atomic E-state index is 11.5. The van der Waals surface area contributed by atoms with Crippen LogP contribution in [0.15, 0.2) is 30.3 Å². The van der Waals surface area contributed by atoms with E-state index in [2.05, 4.69) is 5.32 Å². The lowest BCUT2D eigenvalue weighted by molar-refractivity contribution is -0.144. The summed E-state index contributed by atoms with van der Waals surface area (Å²) >= 11 is 0. The average molecular weight is 237 g/mol. The maximum atomic E-state index is 11.5. The van der Waals surface area contributed by atoms with Crippen LogP contribution in [0.3, 0.4) is 0 Å². The molecule has 17 heavy (non-hydrogen) atoms. The highest BCUT2D eigenvalue weighted by Crippen LogP contribution is 2.00. The van der Waals surface area contributed by atoms with E-state index in [1.54, 1.807) is 24.3 Å². The number of hydrogen-bond donors (Lipinski definition) is 3. The Morgan fingerprint density at radius 1 is 1.29 bits per heavy atom. The van der Waals surface area contributed by atoms with Crippen molar-refractivity contribution in [1.82, 2.24) is 5.32 Å². The number of carboxylic acids is 1. The molecule has 0 aromatic heterocycles. The molecule has 0 aliphatic carbocycles. The molecule has 1 amide bonds. The largest absolute Gasteiger partial charge is 0.480 e. The third-order valence-electron chi connectivity index (χ3n) is 2.27. The summed E-state index contributed by atoms with van der Waals surface area (Å²) in [5, 5.41) is 20.3. The molecule has 0 aliphatic rings. The monoisotopic (exact) mass is 237 g/mol. The van der Waals surface area contributed by atoms with Gasteiger partial charge < -0.3 is 15.5 Å². The van der Waals surface area contributed by atoms with E-state index < -0.39 is 24.0 Å². The molecule has 92 valence electrons. The molecule has 0 bridgehead atoms. The van der Waals surface area contributed by atoms with E-state index in [4.69, 9.17) is 5.11 Å². The van der Waals surface area contributed by atoms with Crippen molar-refractivity contribution in [1.29, 1.82) is 0 Å². The number of carbonyl (C=O) groups is 2. The van der Waals surface area contributed by atoms with E-state index in [1.807, 2.05) is 6.07 Å². The first kappa shape index (κ1) is 13.2. The van der Waals surface area contributed by atoms with Gasteiger partial charge in [-0.25, -0.2) is 4.79 Å². The van der Waals surface area contributed by atoms with Gasteiger partial charge in [-0.15, -0.1) is 0 Å². The van der Waals surface area contributed by atoms with E-state index in [-0.39, 0.29) is 6.42 Å². The third-order valence-corrected chi connectivity index (χ3v) is 2.27. The number of aliphatic hydroxyl groups excluding tert-OH is 1. The van der Waals surface area contributed by atoms with E-state index in [0.29, 0.717) is 0 Å². The first-order valence-corrected chi connectivity index (χ1v) is 5.25. The normalized spacial score (nSPS) is 13.8. The number of aliphatic carboxylic acids is 1. The molecular formula is C12H15NO4. The summed E-state index contributed by atoms with van der Waals surface area (Å²) in [6.07, 6.45) is -1.04. The van der Waals surface area contributed by atoms with Crippen molar-refractivity contribution in [2.75, 3.05) is 0 Å². The smallest absolute Gasteiger partial charge is 0.328 e. The second-order valence-corrected chi connectivity index (χ2v) is 3.79. The number of hydrogen-bond acceptors (Lipinski definition) is 3. The molecule has 0 spiro atoms. The topological polar surface area (TPSA) is 86.6 Å². The Kier molecular flexibility index (Phi) is 4.66. The number of rotatable bonds is 5. The van der Waals surface area contributed by atoms with Crippen molar-refractivity contribution in [3.8, 4) is 0 Å². The summed E-state index contributed by atoms with van der Waals surface area (Å²) in [5.41, 5.74) is 0.791. The molecule has 0 saturated heterocycles. The molecule has 0 radical (unpaired) electrons. The van der Waals surface area contributed by atoms with Crippen LogP contribution in [0.5, 0.6) is 0 Å². The Hall–Kier alpha value is -1.88. The molecule has 5 nitrogen and oxygen atoms in total. The van der Waals surface area contributed by atoms with Crippen molar-refractivity contribution >= 4 is 11.9 Å². The molecule has 0 aliphatic heterocycles. The van der Waals surface area contributed by atoms with E-state index >= 15 is 0 Å². The van der Waals surface area contributed by atoms with Crippen LogP contribution < -0.4 is 5.32 Å². The summed E-state index contributed by atoms with van der Waals surface area (Å²) in [4.78, 5) is 22.3. The predicted molar refractivity (Wildman–Crippen MR) is 61.4 cm³/mol. The van der Waals surface area contributed by atoms with Crippen LogP contribution in [0.4, 0.5) is 0 Å². The first-order valence-electron chi connectivity index (χ1n) is 5.25. The lowest BCUT2D eigenvalue weighted by Crippen LogP contribution is -2.48. The van der Waals surface area contributed by atoms with E-state index in [1.165, 1.54) is 6.92 Å². The van der Waals surface area contributed by atoms with Gasteiger partial charge in [-0.05, 0) is 12.5 Å². The van der Waals surface area contributed by atoms with Gasteiger partial charge in [-0.1, -0.05) is 30.3 Å². The summed E-state index contributed by atoms with van der Waals surface area (Å²) in [7, 11) is 0. The number of nitrogens with one attached hydrogen (secondary N) is 1. The number of benzene rings is 1. The van der Waals surface area contributed by atoms with Crippen LogP contribution >= 0.6 is 0 Å². The van der Waals surface area contributed by atoms with Crippen molar-refractivity contribution in [3.63, 3.8) is 0 Å². The molecule has 0 unspecified atom stereocenters. The molecular weight excluding hydrogens is 222 g/mol. The minimum atomic E-state index is -1.27. The van der Waals surface area contributed by atoms with Crippen molar-refractivity contribution in [2.45, 2.75) is 25.5 Å². The average Bonchev–Trinajstić information content (AvgIpc) is 2.26. The van der Waals surface area contributed by atoms with Gasteiger partial charge in [0.25, 0.3) is 0 Å². The van der Waals surface area contributed by atoms with Crippen LogP contribution in [-0.4, -0.2) is 34.2 Å². The van der Waals surface area contributed by atoms with Crippen LogP contribution in [0.1, 0.15) is 12.5 Å². The zero-order chi connectivity index (χ0) is 12.8. The summed E-state index contributed by atoms with van der Waals surface area (Å²) in [5.74, 6) is -1.68. The molecule has 1 aromatic rings. The van der Waals surface area contributed by atoms with Gasteiger partial charge >= 0.3 is 5.97 Å². The minimum absolute atomic E-state index is 0.0946. The molecule has 1 aromatic carbocycles. The lowest BCUT2D eigenvalue weighted by Gasteiger charge is -2.16. The fourth-order valence-corrected chi connectivity index (χ4v) is 1.39. The highest BCUT2D eigenvalue weighted by atomic mass is 16.4. The molecule has 0 fully saturated rings. The summed E-state index contributed by atoms with van der Waals surface area (Å²) < 4.78 is 0. The number of carboxylic acid groups (broad SMARTS) is 1. The van der Waals surface area contributed by atoms with Crippen LogP contribution in [0.25, 0.3) is 0 Å². The SMILES string of the molecule is C[C@@H](O)[C@H](NC(=O)Cc1ccccc1)C(=O)O. The van der Waals surface area contributed by atoms with E-state index in [9.17, 15) is 14.7 Å². The van der Waals surface area contributed by atoms with Gasteiger partial charge in [0.05, 0.1) is 12.5 Å². The Labute approximate surface area is 99.1 Å². The zero-order valence-corrected chi connectivity index (χ0v) is 9.46. The van der Waals surface area contributed by atoms with Crippen molar-refractivity contribution in [2.24, 2.45) is 0 Å². The number of amides is 1. The van der Waals surface area contributed by atoms with Crippen LogP contribution in [0, 0.1) is 0 Å².